The van der Waals surface area contributed by atoms with Crippen molar-refractivity contribution in [1.29, 1.82) is 0 Å². The summed E-state index contributed by atoms with van der Waals surface area (Å²) in [5.41, 5.74) is 1.09. The summed E-state index contributed by atoms with van der Waals surface area (Å²) in [7, 11) is -1.60. The summed E-state index contributed by atoms with van der Waals surface area (Å²) in [6.45, 7) is 15.4. The molecule has 1 rings (SSSR count). The van der Waals surface area contributed by atoms with E-state index >= 15 is 0 Å². The maximum absolute atomic E-state index is 6.51. The van der Waals surface area contributed by atoms with Crippen molar-refractivity contribution in [3.8, 4) is 0 Å². The Hall–Kier alpha value is -0.408. The summed E-state index contributed by atoms with van der Waals surface area (Å²) < 4.78 is 2.34. The highest BCUT2D eigenvalue weighted by Gasteiger charge is 2.44. The first-order valence-corrected chi connectivity index (χ1v) is 9.03. The van der Waals surface area contributed by atoms with Crippen molar-refractivity contribution >= 4 is 26.0 Å². The van der Waals surface area contributed by atoms with Gasteiger partial charge in [-0.15, -0.1) is 0 Å². The maximum Gasteiger partial charge on any atom is 0.386 e. The fourth-order valence-corrected chi connectivity index (χ4v) is 4.49. The second-order valence-corrected chi connectivity index (χ2v) is 11.3. The third kappa shape index (κ3) is 2.30. The zero-order valence-electron chi connectivity index (χ0n) is 10.9. The van der Waals surface area contributed by atoms with Crippen LogP contribution in [0.2, 0.25) is 18.1 Å². The van der Waals surface area contributed by atoms with Gasteiger partial charge >= 0.3 is 6.26 Å². The third-order valence-electron chi connectivity index (χ3n) is 3.77. The van der Waals surface area contributed by atoms with Crippen LogP contribution < -0.4 is 0 Å². The Morgan fingerprint density at radius 1 is 1.44 bits per heavy atom. The number of allylic oxidation sites excluding steroid dienone is 4. The first-order chi connectivity index (χ1) is 7.21. The molecule has 0 saturated carbocycles. The molecular formula is C12H21BClNSi. The molecule has 88 valence electrons. The minimum absolute atomic E-state index is 0.0663. The van der Waals surface area contributed by atoms with Gasteiger partial charge in [0.1, 0.15) is 8.24 Å². The highest BCUT2D eigenvalue weighted by Crippen LogP contribution is 2.40. The summed E-state index contributed by atoms with van der Waals surface area (Å²) >= 11 is 6.51. The summed E-state index contributed by atoms with van der Waals surface area (Å²) in [5.74, 6) is 0. The zero-order valence-corrected chi connectivity index (χ0v) is 12.7. The largest absolute Gasteiger partial charge is 0.431 e. The van der Waals surface area contributed by atoms with E-state index in [1.807, 2.05) is 12.2 Å². The van der Waals surface area contributed by atoms with Gasteiger partial charge in [-0.1, -0.05) is 52.6 Å². The molecule has 1 aliphatic heterocycles. The lowest BCUT2D eigenvalue weighted by Crippen LogP contribution is -2.57. The van der Waals surface area contributed by atoms with E-state index in [9.17, 15) is 0 Å². The van der Waals surface area contributed by atoms with Gasteiger partial charge in [0.25, 0.3) is 0 Å². The summed E-state index contributed by atoms with van der Waals surface area (Å²) in [6.07, 6.45) is 8.01. The first-order valence-electron chi connectivity index (χ1n) is 5.65. The molecule has 0 atom stereocenters. The van der Waals surface area contributed by atoms with Crippen molar-refractivity contribution in [3.05, 3.63) is 36.5 Å². The van der Waals surface area contributed by atoms with Crippen molar-refractivity contribution in [3.63, 3.8) is 0 Å². The van der Waals surface area contributed by atoms with E-state index in [1.165, 1.54) is 0 Å². The SMILES string of the molecule is C=CC1=CC=CN([Si](C)(C)C(C)(C)C)B1Cl. The Bertz CT molecular complexity index is 341. The quantitative estimate of drug-likeness (QED) is 0.667. The summed E-state index contributed by atoms with van der Waals surface area (Å²) in [4.78, 5) is 0. The third-order valence-corrected chi connectivity index (χ3v) is 9.77. The monoisotopic (exact) mass is 253 g/mol. The first kappa shape index (κ1) is 13.7. The van der Waals surface area contributed by atoms with Crippen molar-refractivity contribution in [2.45, 2.75) is 38.9 Å². The van der Waals surface area contributed by atoms with Crippen LogP contribution in [0.3, 0.4) is 0 Å². The minimum atomic E-state index is -1.60. The van der Waals surface area contributed by atoms with Gasteiger partial charge in [0.05, 0.1) is 0 Å². The van der Waals surface area contributed by atoms with Crippen molar-refractivity contribution in [1.82, 2.24) is 4.48 Å². The van der Waals surface area contributed by atoms with Gasteiger partial charge < -0.3 is 4.48 Å². The van der Waals surface area contributed by atoms with E-state index in [2.05, 4.69) is 57.2 Å². The molecule has 0 N–H and O–H groups in total. The van der Waals surface area contributed by atoms with Crippen LogP contribution in [-0.4, -0.2) is 19.0 Å². The Kier molecular flexibility index (Phi) is 3.80. The number of hydrogen-bond donors (Lipinski definition) is 0. The average molecular weight is 254 g/mol. The van der Waals surface area contributed by atoms with Gasteiger partial charge in [-0.25, -0.2) is 0 Å². The fourth-order valence-electron chi connectivity index (χ4n) is 1.58. The zero-order chi connectivity index (χ0) is 12.6. The van der Waals surface area contributed by atoms with Gasteiger partial charge in [-0.05, 0) is 22.8 Å². The highest BCUT2D eigenvalue weighted by molar-refractivity contribution is 7.14. The molecule has 0 bridgehead atoms. The van der Waals surface area contributed by atoms with Gasteiger partial charge in [0.15, 0.2) is 0 Å². The highest BCUT2D eigenvalue weighted by atomic mass is 35.5. The molecule has 1 heterocycles. The number of rotatable bonds is 2. The second-order valence-electron chi connectivity index (χ2n) is 5.76. The molecule has 0 fully saturated rings. The van der Waals surface area contributed by atoms with Crippen LogP contribution in [0, 0.1) is 0 Å². The summed E-state index contributed by atoms with van der Waals surface area (Å²) in [5, 5.41) is 0.286. The minimum Gasteiger partial charge on any atom is -0.431 e. The molecule has 0 aromatic rings. The predicted molar refractivity (Wildman–Crippen MR) is 78.1 cm³/mol. The van der Waals surface area contributed by atoms with Crippen LogP contribution >= 0.6 is 11.5 Å². The average Bonchev–Trinajstić information content (AvgIpc) is 2.16. The van der Waals surface area contributed by atoms with Gasteiger partial charge in [-0.2, -0.15) is 11.5 Å². The van der Waals surface area contributed by atoms with Gasteiger partial charge in [0, 0.05) is 0 Å². The molecule has 0 aromatic heterocycles. The van der Waals surface area contributed by atoms with Crippen LogP contribution in [0.5, 0.6) is 0 Å². The van der Waals surface area contributed by atoms with Crippen LogP contribution in [-0.2, 0) is 0 Å². The van der Waals surface area contributed by atoms with E-state index in [0.29, 0.717) is 0 Å². The van der Waals surface area contributed by atoms with E-state index < -0.39 is 8.24 Å². The maximum atomic E-state index is 6.51. The van der Waals surface area contributed by atoms with E-state index in [4.69, 9.17) is 11.5 Å². The molecule has 0 radical (unpaired) electrons. The van der Waals surface area contributed by atoms with E-state index in [1.54, 1.807) is 0 Å². The Labute approximate surface area is 106 Å². The molecule has 1 nitrogen and oxygen atoms in total. The van der Waals surface area contributed by atoms with Crippen molar-refractivity contribution in [2.75, 3.05) is 0 Å². The fraction of sp³-hybridized carbons (Fsp3) is 0.500. The molecule has 0 spiro atoms. The molecule has 0 amide bonds. The number of nitrogens with zero attached hydrogens (tertiary/aromatic N) is 1. The molecule has 0 aliphatic carbocycles. The number of hydrogen-bond acceptors (Lipinski definition) is 1. The standard InChI is InChI=1S/C12H21BClNSi/c1-7-11-9-8-10-15(13(11)14)16(5,6)12(2,3)4/h7-10H,1H2,2-6H3. The molecule has 1 aliphatic rings. The lowest BCUT2D eigenvalue weighted by Gasteiger charge is -2.48. The molecule has 16 heavy (non-hydrogen) atoms. The predicted octanol–water partition coefficient (Wildman–Crippen LogP) is 4.20. The van der Waals surface area contributed by atoms with E-state index in [0.717, 1.165) is 5.47 Å². The lowest BCUT2D eigenvalue weighted by atomic mass is 9.78. The topological polar surface area (TPSA) is 3.24 Å². The van der Waals surface area contributed by atoms with Gasteiger partial charge in [-0.3, -0.25) is 0 Å². The molecule has 0 unspecified atom stereocenters. The van der Waals surface area contributed by atoms with Crippen LogP contribution in [0.1, 0.15) is 20.8 Å². The smallest absolute Gasteiger partial charge is 0.386 e. The van der Waals surface area contributed by atoms with Crippen LogP contribution in [0.25, 0.3) is 0 Å². The van der Waals surface area contributed by atoms with Crippen LogP contribution in [0.15, 0.2) is 36.5 Å². The second kappa shape index (κ2) is 4.46. The lowest BCUT2D eigenvalue weighted by molar-refractivity contribution is 0.655. The van der Waals surface area contributed by atoms with Crippen molar-refractivity contribution < 1.29 is 0 Å². The van der Waals surface area contributed by atoms with E-state index in [-0.39, 0.29) is 11.3 Å². The Morgan fingerprint density at radius 2 is 2.00 bits per heavy atom. The Balaban J connectivity index is 3.04. The Morgan fingerprint density at radius 3 is 2.44 bits per heavy atom. The normalized spacial score (nSPS) is 17.5. The van der Waals surface area contributed by atoms with Crippen LogP contribution in [0.4, 0.5) is 0 Å². The van der Waals surface area contributed by atoms with Crippen molar-refractivity contribution in [2.24, 2.45) is 0 Å². The van der Waals surface area contributed by atoms with Gasteiger partial charge in [0.2, 0.25) is 0 Å². The molecule has 4 heteroatoms. The summed E-state index contributed by atoms with van der Waals surface area (Å²) in [6, 6.07) is 0. The number of halogens is 1. The molecule has 0 aromatic carbocycles. The molecule has 0 saturated heterocycles. The molecular weight excluding hydrogens is 232 g/mol.